The molecule has 212 valence electrons. The first-order valence-corrected chi connectivity index (χ1v) is 13.9. The van der Waals surface area contributed by atoms with Crippen LogP contribution in [-0.4, -0.2) is 69.7 Å². The fourth-order valence-corrected chi connectivity index (χ4v) is 5.79. The maximum atomic E-state index is 14.0. The summed E-state index contributed by atoms with van der Waals surface area (Å²) >= 11 is 5.99. The quantitative estimate of drug-likeness (QED) is 0.413. The molecular weight excluding hydrogens is 535 g/mol. The summed E-state index contributed by atoms with van der Waals surface area (Å²) in [5, 5.41) is 4.18. The summed E-state index contributed by atoms with van der Waals surface area (Å²) < 4.78 is 26.1. The van der Waals surface area contributed by atoms with Gasteiger partial charge in [0.15, 0.2) is 0 Å². The Morgan fingerprint density at radius 1 is 1.07 bits per heavy atom. The van der Waals surface area contributed by atoms with Crippen molar-refractivity contribution in [2.75, 3.05) is 18.4 Å². The molecule has 0 radical (unpaired) electrons. The number of fused-ring (bicyclic) bond motifs is 3. The van der Waals surface area contributed by atoms with E-state index in [0.717, 1.165) is 0 Å². The van der Waals surface area contributed by atoms with Gasteiger partial charge in [-0.15, -0.1) is 0 Å². The third-order valence-corrected chi connectivity index (χ3v) is 7.57. The van der Waals surface area contributed by atoms with Crippen LogP contribution >= 0.6 is 11.6 Å². The van der Waals surface area contributed by atoms with Crippen molar-refractivity contribution in [2.45, 2.75) is 70.4 Å². The van der Waals surface area contributed by atoms with Crippen molar-refractivity contribution in [3.63, 3.8) is 0 Å². The predicted octanol–water partition coefficient (Wildman–Crippen LogP) is 5.89. The van der Waals surface area contributed by atoms with Gasteiger partial charge in [-0.05, 0) is 76.2 Å². The largest absolute Gasteiger partial charge is 0.490 e. The number of nitrogens with one attached hydrogen (secondary N) is 1. The summed E-state index contributed by atoms with van der Waals surface area (Å²) in [5.74, 6) is 0.0714. The Bertz CT molecular complexity index is 1380. The molecule has 40 heavy (non-hydrogen) atoms. The highest BCUT2D eigenvalue weighted by molar-refractivity contribution is 6.30. The highest BCUT2D eigenvalue weighted by Crippen LogP contribution is 2.35. The number of ether oxygens (including phenoxy) is 2. The number of halogens is 2. The zero-order chi connectivity index (χ0) is 28.6. The lowest BCUT2D eigenvalue weighted by Gasteiger charge is -2.53. The van der Waals surface area contributed by atoms with Crippen molar-refractivity contribution < 1.29 is 23.5 Å². The van der Waals surface area contributed by atoms with E-state index in [0.29, 0.717) is 53.3 Å². The van der Waals surface area contributed by atoms with Gasteiger partial charge in [-0.2, -0.15) is 0 Å². The van der Waals surface area contributed by atoms with Crippen LogP contribution in [0, 0.1) is 5.82 Å². The molecule has 0 spiro atoms. The number of aromatic nitrogens is 1. The van der Waals surface area contributed by atoms with Gasteiger partial charge in [0.25, 0.3) is 0 Å². The molecule has 5 rings (SSSR count). The number of benzene rings is 2. The van der Waals surface area contributed by atoms with E-state index in [9.17, 15) is 14.0 Å². The summed E-state index contributed by atoms with van der Waals surface area (Å²) in [6.45, 7) is 8.21. The number of nitrogens with zero attached hydrogens (tertiary/aromatic N) is 3. The van der Waals surface area contributed by atoms with Gasteiger partial charge in [0.1, 0.15) is 23.3 Å². The van der Waals surface area contributed by atoms with Gasteiger partial charge in [0.2, 0.25) is 5.91 Å². The van der Waals surface area contributed by atoms with E-state index in [4.69, 9.17) is 21.1 Å². The van der Waals surface area contributed by atoms with E-state index in [1.165, 1.54) is 12.1 Å². The Morgan fingerprint density at radius 2 is 1.75 bits per heavy atom. The van der Waals surface area contributed by atoms with E-state index in [1.54, 1.807) is 47.5 Å². The third-order valence-electron chi connectivity index (χ3n) is 7.32. The highest BCUT2D eigenvalue weighted by Gasteiger charge is 2.47. The summed E-state index contributed by atoms with van der Waals surface area (Å²) in [4.78, 5) is 34.6. The van der Waals surface area contributed by atoms with Gasteiger partial charge < -0.3 is 19.7 Å². The van der Waals surface area contributed by atoms with Crippen LogP contribution in [0.25, 0.3) is 10.9 Å². The second kappa shape index (κ2) is 11.2. The van der Waals surface area contributed by atoms with Crippen molar-refractivity contribution >= 4 is 40.2 Å². The molecule has 1 N–H and O–H groups in total. The molecule has 10 heteroatoms. The van der Waals surface area contributed by atoms with E-state index >= 15 is 0 Å². The summed E-state index contributed by atoms with van der Waals surface area (Å²) in [6.07, 6.45) is 2.25. The molecule has 2 saturated heterocycles. The molecule has 8 nitrogen and oxygen atoms in total. The molecule has 3 heterocycles. The second-order valence-electron chi connectivity index (χ2n) is 11.5. The number of rotatable bonds is 5. The summed E-state index contributed by atoms with van der Waals surface area (Å²) in [5.41, 5.74) is 0.704. The van der Waals surface area contributed by atoms with Crippen LogP contribution in [0.3, 0.4) is 0 Å². The molecule has 1 aromatic heterocycles. The Hall–Kier alpha value is -3.43. The number of amides is 2. The van der Waals surface area contributed by atoms with Crippen molar-refractivity contribution in [3.05, 3.63) is 65.6 Å². The Morgan fingerprint density at radius 3 is 2.40 bits per heavy atom. The lowest BCUT2D eigenvalue weighted by Crippen LogP contribution is -2.68. The van der Waals surface area contributed by atoms with Gasteiger partial charge >= 0.3 is 6.09 Å². The minimum Gasteiger partial charge on any atom is -0.490 e. The molecule has 2 amide bonds. The summed E-state index contributed by atoms with van der Waals surface area (Å²) in [6, 6.07) is 12.4. The fraction of sp³-hybridized carbons (Fsp3) is 0.433. The number of pyridine rings is 1. The maximum Gasteiger partial charge on any atom is 0.410 e. The third kappa shape index (κ3) is 6.31. The lowest BCUT2D eigenvalue weighted by molar-refractivity contribution is -0.129. The van der Waals surface area contributed by atoms with E-state index in [2.05, 4.69) is 15.2 Å². The molecule has 3 aromatic rings. The number of likely N-dealkylation sites (tertiary alicyclic amines) is 1. The Labute approximate surface area is 238 Å². The monoisotopic (exact) mass is 568 g/mol. The van der Waals surface area contributed by atoms with Crippen molar-refractivity contribution in [3.8, 4) is 5.75 Å². The molecule has 0 saturated carbocycles. The number of carbonyl (C=O) groups is 2. The molecule has 2 fully saturated rings. The minimum absolute atomic E-state index is 0.141. The Kier molecular flexibility index (Phi) is 7.88. The van der Waals surface area contributed by atoms with Crippen LogP contribution < -0.4 is 10.1 Å². The van der Waals surface area contributed by atoms with E-state index in [1.807, 2.05) is 27.7 Å². The average molecular weight is 569 g/mol. The minimum atomic E-state index is -0.613. The van der Waals surface area contributed by atoms with Crippen LogP contribution in [0.2, 0.25) is 5.02 Å². The highest BCUT2D eigenvalue weighted by atomic mass is 35.5. The molecule has 2 bridgehead atoms. The van der Waals surface area contributed by atoms with E-state index in [-0.39, 0.29) is 36.0 Å². The molecule has 2 aromatic carbocycles. The van der Waals surface area contributed by atoms with Gasteiger partial charge in [-0.25, -0.2) is 9.18 Å². The first kappa shape index (κ1) is 28.1. The molecule has 2 aliphatic heterocycles. The number of piperidine rings is 1. The zero-order valence-corrected chi connectivity index (χ0v) is 23.8. The molecular formula is C30H34ClFN4O4. The lowest BCUT2D eigenvalue weighted by atomic mass is 9.87. The number of hydrogen-bond acceptors (Lipinski definition) is 6. The number of hydrogen-bond donors (Lipinski definition) is 1. The van der Waals surface area contributed by atoms with Crippen LogP contribution in [0.15, 0.2) is 54.7 Å². The van der Waals surface area contributed by atoms with Gasteiger partial charge in [-0.1, -0.05) is 11.6 Å². The second-order valence-corrected chi connectivity index (χ2v) is 11.9. The van der Waals surface area contributed by atoms with Gasteiger partial charge in [0, 0.05) is 60.3 Å². The average Bonchev–Trinajstić information content (AvgIpc) is 2.88. The zero-order valence-electron chi connectivity index (χ0n) is 23.1. The molecule has 0 aliphatic carbocycles. The first-order valence-electron chi connectivity index (χ1n) is 13.5. The standard InChI is InChI=1S/C30H34ClFN4O4/c1-18(28(37)34-21-8-5-19(31)6-9-21)36-22-14-24(15-23(36)17-35(16-22)29(38)40-30(2,3)4)39-27-11-12-33-26-10-7-20(32)13-25(26)27/h5-13,18,22-24H,14-17H2,1-4H3,(H,34,37). The van der Waals surface area contributed by atoms with Crippen LogP contribution in [0.1, 0.15) is 40.5 Å². The molecule has 3 atom stereocenters. The van der Waals surface area contributed by atoms with Crippen LogP contribution in [-0.2, 0) is 9.53 Å². The molecule has 3 unspecified atom stereocenters. The topological polar surface area (TPSA) is 84.0 Å². The van der Waals surface area contributed by atoms with E-state index < -0.39 is 11.6 Å². The SMILES string of the molecule is CC(C(=O)Nc1ccc(Cl)cc1)N1C2CC(Oc3ccnc4ccc(F)cc34)CC1CN(C(=O)OC(C)(C)C)C2. The van der Waals surface area contributed by atoms with Crippen molar-refractivity contribution in [1.29, 1.82) is 0 Å². The predicted molar refractivity (Wildman–Crippen MR) is 152 cm³/mol. The molecule has 2 aliphatic rings. The number of carbonyl (C=O) groups excluding carboxylic acids is 2. The number of anilines is 1. The van der Waals surface area contributed by atoms with Gasteiger partial charge in [-0.3, -0.25) is 14.7 Å². The van der Waals surface area contributed by atoms with Crippen LogP contribution in [0.4, 0.5) is 14.9 Å². The van der Waals surface area contributed by atoms with Crippen molar-refractivity contribution in [2.24, 2.45) is 0 Å². The normalized spacial score (nSPS) is 22.1. The van der Waals surface area contributed by atoms with Crippen LogP contribution in [0.5, 0.6) is 5.75 Å². The Balaban J connectivity index is 1.36. The number of piperazine rings is 1. The van der Waals surface area contributed by atoms with Gasteiger partial charge in [0.05, 0.1) is 11.6 Å². The summed E-state index contributed by atoms with van der Waals surface area (Å²) in [7, 11) is 0. The van der Waals surface area contributed by atoms with Crippen molar-refractivity contribution in [1.82, 2.24) is 14.8 Å². The smallest absolute Gasteiger partial charge is 0.410 e. The fourth-order valence-electron chi connectivity index (χ4n) is 5.66. The first-order chi connectivity index (χ1) is 19.0. The maximum absolute atomic E-state index is 14.0.